The summed E-state index contributed by atoms with van der Waals surface area (Å²) >= 11 is 0. The second kappa shape index (κ2) is 6.59. The molecule has 1 saturated heterocycles. The molecular formula is C20H21N3O2. The van der Waals surface area contributed by atoms with Crippen LogP contribution in [0.15, 0.2) is 54.6 Å². The Balaban J connectivity index is 1.45. The van der Waals surface area contributed by atoms with Crippen molar-refractivity contribution in [1.29, 1.82) is 0 Å². The van der Waals surface area contributed by atoms with E-state index in [1.54, 1.807) is 9.80 Å². The Kier molecular flexibility index (Phi) is 4.14. The largest absolute Gasteiger partial charge is 0.333 e. The van der Waals surface area contributed by atoms with E-state index in [1.807, 2.05) is 48.5 Å². The molecule has 5 nitrogen and oxygen atoms in total. The van der Waals surface area contributed by atoms with Crippen LogP contribution in [0.2, 0.25) is 0 Å². The van der Waals surface area contributed by atoms with Crippen LogP contribution >= 0.6 is 0 Å². The number of hydrogen-bond donors (Lipinski definition) is 1. The first-order chi connectivity index (χ1) is 12.2. The standard InChI is InChI=1S/C20H21N3O2/c24-19-13-16(14-23(19)17-9-2-1-3-10-17)21-20(25)22-12-6-8-15-7-4-5-11-18(15)22/h1-5,7,9-11,16H,6,8,12-14H2,(H,21,25)/t16-/m1/s1. The molecule has 5 heteroatoms. The van der Waals surface area contributed by atoms with Crippen LogP contribution in [-0.2, 0) is 11.2 Å². The molecule has 0 unspecified atom stereocenters. The number of benzene rings is 2. The topological polar surface area (TPSA) is 52.7 Å². The molecule has 2 aromatic rings. The van der Waals surface area contributed by atoms with E-state index >= 15 is 0 Å². The van der Waals surface area contributed by atoms with Crippen molar-refractivity contribution in [1.82, 2.24) is 5.32 Å². The van der Waals surface area contributed by atoms with Gasteiger partial charge in [0.2, 0.25) is 5.91 Å². The molecule has 128 valence electrons. The Bertz CT molecular complexity index is 791. The zero-order valence-electron chi connectivity index (χ0n) is 14.0. The van der Waals surface area contributed by atoms with Gasteiger partial charge in [0, 0.05) is 30.9 Å². The summed E-state index contributed by atoms with van der Waals surface area (Å²) in [5.74, 6) is 0.0514. The minimum Gasteiger partial charge on any atom is -0.333 e. The van der Waals surface area contributed by atoms with Gasteiger partial charge in [-0.3, -0.25) is 9.69 Å². The molecule has 3 amide bonds. The van der Waals surface area contributed by atoms with Gasteiger partial charge in [-0.15, -0.1) is 0 Å². The third-order valence-electron chi connectivity index (χ3n) is 4.88. The lowest BCUT2D eigenvalue weighted by atomic mass is 10.0. The number of urea groups is 1. The zero-order chi connectivity index (χ0) is 17.2. The maximum absolute atomic E-state index is 12.8. The maximum Gasteiger partial charge on any atom is 0.322 e. The van der Waals surface area contributed by atoms with Crippen molar-refractivity contribution in [2.24, 2.45) is 0 Å². The summed E-state index contributed by atoms with van der Waals surface area (Å²) in [4.78, 5) is 28.6. The van der Waals surface area contributed by atoms with Gasteiger partial charge < -0.3 is 10.2 Å². The molecule has 2 aromatic carbocycles. The summed E-state index contributed by atoms with van der Waals surface area (Å²) in [6.45, 7) is 1.23. The molecule has 0 aliphatic carbocycles. The minimum absolute atomic E-state index is 0.0514. The van der Waals surface area contributed by atoms with Gasteiger partial charge in [0.25, 0.3) is 0 Å². The van der Waals surface area contributed by atoms with Crippen molar-refractivity contribution < 1.29 is 9.59 Å². The monoisotopic (exact) mass is 335 g/mol. The van der Waals surface area contributed by atoms with Crippen LogP contribution in [-0.4, -0.2) is 31.1 Å². The lowest BCUT2D eigenvalue weighted by Crippen LogP contribution is -2.47. The Labute approximate surface area is 147 Å². The first-order valence-corrected chi connectivity index (χ1v) is 8.74. The molecule has 2 heterocycles. The highest BCUT2D eigenvalue weighted by molar-refractivity contribution is 5.98. The molecule has 1 N–H and O–H groups in total. The highest BCUT2D eigenvalue weighted by atomic mass is 16.2. The summed E-state index contributed by atoms with van der Waals surface area (Å²) in [5.41, 5.74) is 3.07. The van der Waals surface area contributed by atoms with E-state index in [9.17, 15) is 9.59 Å². The predicted molar refractivity (Wildman–Crippen MR) is 97.8 cm³/mol. The number of carbonyl (C=O) groups excluding carboxylic acids is 2. The normalized spacial score (nSPS) is 19.7. The van der Waals surface area contributed by atoms with Crippen molar-refractivity contribution in [3.05, 3.63) is 60.2 Å². The van der Waals surface area contributed by atoms with E-state index < -0.39 is 0 Å². The highest BCUT2D eigenvalue weighted by Crippen LogP contribution is 2.27. The smallest absolute Gasteiger partial charge is 0.322 e. The molecule has 2 aliphatic heterocycles. The second-order valence-corrected chi connectivity index (χ2v) is 6.57. The number of rotatable bonds is 2. The number of carbonyl (C=O) groups is 2. The van der Waals surface area contributed by atoms with Crippen molar-refractivity contribution in [2.75, 3.05) is 22.9 Å². The lowest BCUT2D eigenvalue weighted by molar-refractivity contribution is -0.117. The van der Waals surface area contributed by atoms with Crippen molar-refractivity contribution in [3.63, 3.8) is 0 Å². The minimum atomic E-state index is -0.158. The molecule has 0 bridgehead atoms. The highest BCUT2D eigenvalue weighted by Gasteiger charge is 2.33. The first-order valence-electron chi connectivity index (χ1n) is 8.74. The van der Waals surface area contributed by atoms with Gasteiger partial charge in [-0.05, 0) is 36.6 Å². The van der Waals surface area contributed by atoms with Crippen LogP contribution in [0.25, 0.3) is 0 Å². The Morgan fingerprint density at radius 1 is 1.04 bits per heavy atom. The number of hydrogen-bond acceptors (Lipinski definition) is 2. The van der Waals surface area contributed by atoms with E-state index in [-0.39, 0.29) is 18.0 Å². The van der Waals surface area contributed by atoms with E-state index in [1.165, 1.54) is 5.56 Å². The van der Waals surface area contributed by atoms with Gasteiger partial charge in [-0.2, -0.15) is 0 Å². The van der Waals surface area contributed by atoms with Crippen LogP contribution in [0.5, 0.6) is 0 Å². The summed E-state index contributed by atoms with van der Waals surface area (Å²) in [5, 5.41) is 3.04. The van der Waals surface area contributed by atoms with Crippen molar-refractivity contribution >= 4 is 23.3 Å². The Morgan fingerprint density at radius 2 is 1.80 bits per heavy atom. The Hall–Kier alpha value is -2.82. The third kappa shape index (κ3) is 3.09. The van der Waals surface area contributed by atoms with Gasteiger partial charge in [0.05, 0.1) is 6.04 Å². The quantitative estimate of drug-likeness (QED) is 0.917. The van der Waals surface area contributed by atoms with Crippen LogP contribution in [0.1, 0.15) is 18.4 Å². The van der Waals surface area contributed by atoms with Crippen LogP contribution in [0, 0.1) is 0 Å². The average molecular weight is 335 g/mol. The van der Waals surface area contributed by atoms with E-state index in [2.05, 4.69) is 11.4 Å². The zero-order valence-corrected chi connectivity index (χ0v) is 14.0. The van der Waals surface area contributed by atoms with E-state index in [0.717, 1.165) is 24.2 Å². The van der Waals surface area contributed by atoms with Crippen molar-refractivity contribution in [3.8, 4) is 0 Å². The molecule has 0 aromatic heterocycles. The van der Waals surface area contributed by atoms with Gasteiger partial charge in [0.15, 0.2) is 0 Å². The molecule has 2 aliphatic rings. The van der Waals surface area contributed by atoms with Crippen LogP contribution in [0.3, 0.4) is 0 Å². The number of amides is 3. The fourth-order valence-electron chi connectivity index (χ4n) is 3.66. The average Bonchev–Trinajstić information content (AvgIpc) is 3.02. The first kappa shape index (κ1) is 15.7. The lowest BCUT2D eigenvalue weighted by Gasteiger charge is -2.30. The molecule has 0 saturated carbocycles. The molecular weight excluding hydrogens is 314 g/mol. The van der Waals surface area contributed by atoms with Crippen LogP contribution in [0.4, 0.5) is 16.2 Å². The van der Waals surface area contributed by atoms with Crippen LogP contribution < -0.4 is 15.1 Å². The maximum atomic E-state index is 12.8. The Morgan fingerprint density at radius 3 is 2.64 bits per heavy atom. The number of nitrogens with one attached hydrogen (secondary N) is 1. The number of para-hydroxylation sites is 2. The second-order valence-electron chi connectivity index (χ2n) is 6.57. The van der Waals surface area contributed by atoms with E-state index in [0.29, 0.717) is 19.5 Å². The van der Waals surface area contributed by atoms with Crippen molar-refractivity contribution in [2.45, 2.75) is 25.3 Å². The van der Waals surface area contributed by atoms with Gasteiger partial charge in [-0.25, -0.2) is 4.79 Å². The van der Waals surface area contributed by atoms with Gasteiger partial charge >= 0.3 is 6.03 Å². The van der Waals surface area contributed by atoms with Gasteiger partial charge in [-0.1, -0.05) is 36.4 Å². The number of nitrogens with zero attached hydrogens (tertiary/aromatic N) is 2. The number of aryl methyl sites for hydroxylation is 1. The fourth-order valence-corrected chi connectivity index (χ4v) is 3.66. The summed E-state index contributed by atoms with van der Waals surface area (Å²) in [6, 6.07) is 17.4. The third-order valence-corrected chi connectivity index (χ3v) is 4.88. The molecule has 1 fully saturated rings. The molecule has 0 radical (unpaired) electrons. The summed E-state index contributed by atoms with van der Waals surface area (Å²) in [6.07, 6.45) is 2.31. The molecule has 4 rings (SSSR count). The molecule has 25 heavy (non-hydrogen) atoms. The predicted octanol–water partition coefficient (Wildman–Crippen LogP) is 2.95. The summed E-state index contributed by atoms with van der Waals surface area (Å²) in [7, 11) is 0. The van der Waals surface area contributed by atoms with E-state index in [4.69, 9.17) is 0 Å². The summed E-state index contributed by atoms with van der Waals surface area (Å²) < 4.78 is 0. The SMILES string of the molecule is O=C1C[C@@H](NC(=O)N2CCCc3ccccc32)CN1c1ccccc1. The number of fused-ring (bicyclic) bond motifs is 1. The fraction of sp³-hybridized carbons (Fsp3) is 0.300. The molecule has 0 spiro atoms. The van der Waals surface area contributed by atoms with Gasteiger partial charge in [0.1, 0.15) is 0 Å². The number of anilines is 2. The molecule has 1 atom stereocenters.